The number of guanidine groups is 1. The fourth-order valence-corrected chi connectivity index (χ4v) is 3.28. The predicted octanol–water partition coefficient (Wildman–Crippen LogP) is 3.63. The number of aliphatic imine (C=N–C) groups is 1. The van der Waals surface area contributed by atoms with E-state index in [0.717, 1.165) is 31.0 Å². The van der Waals surface area contributed by atoms with Gasteiger partial charge in [-0.2, -0.15) is 0 Å². The summed E-state index contributed by atoms with van der Waals surface area (Å²) in [5, 5.41) is 6.70. The third-order valence-corrected chi connectivity index (χ3v) is 4.48. The Morgan fingerprint density at radius 3 is 1.97 bits per heavy atom. The summed E-state index contributed by atoms with van der Waals surface area (Å²) in [5.41, 5.74) is 4.90. The van der Waals surface area contributed by atoms with E-state index < -0.39 is 0 Å². The molecule has 0 saturated carbocycles. The minimum absolute atomic E-state index is 0.496. The summed E-state index contributed by atoms with van der Waals surface area (Å²) in [5.74, 6) is 2.63. The van der Waals surface area contributed by atoms with Gasteiger partial charge in [-0.05, 0) is 50.5 Å². The molecule has 29 heavy (non-hydrogen) atoms. The van der Waals surface area contributed by atoms with Crippen molar-refractivity contribution in [3.63, 3.8) is 0 Å². The summed E-state index contributed by atoms with van der Waals surface area (Å²) in [6.07, 6.45) is 0.942. The van der Waals surface area contributed by atoms with Crippen molar-refractivity contribution in [1.82, 2.24) is 10.6 Å². The molecule has 0 bridgehead atoms. The number of methoxy groups -OCH3 is 3. The Labute approximate surface area is 174 Å². The lowest BCUT2D eigenvalue weighted by molar-refractivity contribution is 0.324. The molecule has 6 heteroatoms. The van der Waals surface area contributed by atoms with Gasteiger partial charge >= 0.3 is 0 Å². The molecule has 0 spiro atoms. The first-order valence-electron chi connectivity index (χ1n) is 9.89. The summed E-state index contributed by atoms with van der Waals surface area (Å²) in [6, 6.07) is 10.5. The van der Waals surface area contributed by atoms with Crippen LogP contribution in [-0.2, 0) is 13.0 Å². The van der Waals surface area contributed by atoms with E-state index in [1.54, 1.807) is 21.3 Å². The molecule has 0 aliphatic carbocycles. The summed E-state index contributed by atoms with van der Waals surface area (Å²) in [6.45, 7) is 8.42. The summed E-state index contributed by atoms with van der Waals surface area (Å²) >= 11 is 0. The van der Waals surface area contributed by atoms with Gasteiger partial charge in [-0.15, -0.1) is 0 Å². The van der Waals surface area contributed by atoms with Gasteiger partial charge in [0.1, 0.15) is 0 Å². The highest BCUT2D eigenvalue weighted by Gasteiger charge is 2.13. The maximum Gasteiger partial charge on any atom is 0.203 e. The molecular weight excluding hydrogens is 366 g/mol. The summed E-state index contributed by atoms with van der Waals surface area (Å²) in [7, 11) is 4.83. The van der Waals surface area contributed by atoms with Crippen molar-refractivity contribution in [1.29, 1.82) is 0 Å². The monoisotopic (exact) mass is 399 g/mol. The quantitative estimate of drug-likeness (QED) is 0.498. The summed E-state index contributed by atoms with van der Waals surface area (Å²) in [4.78, 5) is 4.70. The van der Waals surface area contributed by atoms with Gasteiger partial charge in [-0.1, -0.05) is 29.3 Å². The van der Waals surface area contributed by atoms with Crippen molar-refractivity contribution in [3.05, 3.63) is 52.6 Å². The van der Waals surface area contributed by atoms with Crippen molar-refractivity contribution in [3.8, 4) is 17.2 Å². The molecule has 0 amide bonds. The average Bonchev–Trinajstić information content (AvgIpc) is 2.70. The normalized spacial score (nSPS) is 11.2. The zero-order valence-electron chi connectivity index (χ0n) is 18.4. The molecule has 6 nitrogen and oxygen atoms in total. The van der Waals surface area contributed by atoms with Crippen LogP contribution in [0.25, 0.3) is 0 Å². The average molecular weight is 400 g/mol. The molecule has 0 aliphatic heterocycles. The first kappa shape index (κ1) is 22.4. The Kier molecular flexibility index (Phi) is 8.65. The molecule has 0 unspecified atom stereocenters. The van der Waals surface area contributed by atoms with Gasteiger partial charge in [0, 0.05) is 13.1 Å². The van der Waals surface area contributed by atoms with Gasteiger partial charge in [-0.25, -0.2) is 4.99 Å². The molecule has 0 fully saturated rings. The molecule has 2 rings (SSSR count). The van der Waals surface area contributed by atoms with Crippen LogP contribution < -0.4 is 24.8 Å². The van der Waals surface area contributed by atoms with Crippen molar-refractivity contribution in [2.75, 3.05) is 34.4 Å². The summed E-state index contributed by atoms with van der Waals surface area (Å²) < 4.78 is 16.2. The van der Waals surface area contributed by atoms with Crippen molar-refractivity contribution in [2.45, 2.75) is 33.7 Å². The Morgan fingerprint density at radius 1 is 0.828 bits per heavy atom. The van der Waals surface area contributed by atoms with E-state index in [1.165, 1.54) is 16.7 Å². The lowest BCUT2D eigenvalue weighted by Gasteiger charge is -2.14. The van der Waals surface area contributed by atoms with Crippen LogP contribution in [0, 0.1) is 13.8 Å². The molecule has 0 aliphatic rings. The molecule has 0 aromatic heterocycles. The maximum atomic E-state index is 5.42. The van der Waals surface area contributed by atoms with Crippen LogP contribution in [-0.4, -0.2) is 40.4 Å². The van der Waals surface area contributed by atoms with Gasteiger partial charge in [0.05, 0.1) is 27.9 Å². The molecule has 0 heterocycles. The van der Waals surface area contributed by atoms with E-state index in [4.69, 9.17) is 19.2 Å². The first-order valence-corrected chi connectivity index (χ1v) is 9.89. The smallest absolute Gasteiger partial charge is 0.203 e. The Morgan fingerprint density at radius 2 is 1.45 bits per heavy atom. The fourth-order valence-electron chi connectivity index (χ4n) is 3.28. The highest BCUT2D eigenvalue weighted by Crippen LogP contribution is 2.38. The van der Waals surface area contributed by atoms with E-state index in [1.807, 2.05) is 12.1 Å². The van der Waals surface area contributed by atoms with Gasteiger partial charge in [0.15, 0.2) is 17.5 Å². The van der Waals surface area contributed by atoms with E-state index in [9.17, 15) is 0 Å². The number of nitrogens with zero attached hydrogens (tertiary/aromatic N) is 1. The maximum absolute atomic E-state index is 5.42. The molecule has 2 N–H and O–H groups in total. The highest BCUT2D eigenvalue weighted by molar-refractivity contribution is 5.79. The standard InChI is InChI=1S/C23H33N3O3/c1-7-24-23(25-9-8-18-11-16(2)10-17(3)12-18)26-15-19-13-20(27-4)22(29-6)21(14-19)28-5/h10-14H,7-9,15H2,1-6H3,(H2,24,25,26). The second-order valence-electron chi connectivity index (χ2n) is 6.90. The van der Waals surface area contributed by atoms with E-state index >= 15 is 0 Å². The predicted molar refractivity (Wildman–Crippen MR) is 119 cm³/mol. The largest absolute Gasteiger partial charge is 0.493 e. The first-order chi connectivity index (χ1) is 14.0. The number of ether oxygens (including phenoxy) is 3. The van der Waals surface area contributed by atoms with E-state index in [0.29, 0.717) is 23.8 Å². The van der Waals surface area contributed by atoms with Gasteiger partial charge in [-0.3, -0.25) is 0 Å². The van der Waals surface area contributed by atoms with Gasteiger partial charge < -0.3 is 24.8 Å². The van der Waals surface area contributed by atoms with E-state index in [-0.39, 0.29) is 0 Å². The Balaban J connectivity index is 2.06. The molecule has 0 saturated heterocycles. The van der Waals surface area contributed by atoms with Crippen molar-refractivity contribution >= 4 is 5.96 Å². The van der Waals surface area contributed by atoms with Crippen molar-refractivity contribution < 1.29 is 14.2 Å². The lowest BCUT2D eigenvalue weighted by Crippen LogP contribution is -2.38. The Hall–Kier alpha value is -2.89. The molecule has 2 aromatic carbocycles. The minimum atomic E-state index is 0.496. The number of rotatable bonds is 9. The van der Waals surface area contributed by atoms with Crippen LogP contribution in [0.5, 0.6) is 17.2 Å². The molecule has 2 aromatic rings. The number of hydrogen-bond acceptors (Lipinski definition) is 4. The molecular formula is C23H33N3O3. The van der Waals surface area contributed by atoms with Crippen LogP contribution in [0.4, 0.5) is 0 Å². The Bertz CT molecular complexity index is 789. The number of aryl methyl sites for hydroxylation is 2. The topological polar surface area (TPSA) is 64.1 Å². The van der Waals surface area contributed by atoms with Crippen LogP contribution >= 0.6 is 0 Å². The number of benzene rings is 2. The second kappa shape index (κ2) is 11.2. The van der Waals surface area contributed by atoms with Crippen molar-refractivity contribution in [2.24, 2.45) is 4.99 Å². The molecule has 0 atom stereocenters. The van der Waals surface area contributed by atoms with Gasteiger partial charge in [0.25, 0.3) is 0 Å². The number of hydrogen-bond donors (Lipinski definition) is 2. The van der Waals surface area contributed by atoms with E-state index in [2.05, 4.69) is 49.6 Å². The third kappa shape index (κ3) is 6.59. The van der Waals surface area contributed by atoms with Gasteiger partial charge in [0.2, 0.25) is 5.75 Å². The number of nitrogens with one attached hydrogen (secondary N) is 2. The zero-order chi connectivity index (χ0) is 21.2. The minimum Gasteiger partial charge on any atom is -0.493 e. The zero-order valence-corrected chi connectivity index (χ0v) is 18.4. The SMILES string of the molecule is CCNC(=NCc1cc(OC)c(OC)c(OC)c1)NCCc1cc(C)cc(C)c1. The highest BCUT2D eigenvalue weighted by atomic mass is 16.5. The molecule has 0 radical (unpaired) electrons. The fraction of sp³-hybridized carbons (Fsp3) is 0.435. The van der Waals surface area contributed by atoms with Crippen LogP contribution in [0.15, 0.2) is 35.3 Å². The second-order valence-corrected chi connectivity index (χ2v) is 6.90. The molecule has 158 valence electrons. The van der Waals surface area contributed by atoms with Crippen LogP contribution in [0.1, 0.15) is 29.2 Å². The lowest BCUT2D eigenvalue weighted by atomic mass is 10.1. The van der Waals surface area contributed by atoms with Crippen LogP contribution in [0.3, 0.4) is 0 Å². The van der Waals surface area contributed by atoms with Crippen LogP contribution in [0.2, 0.25) is 0 Å². The third-order valence-electron chi connectivity index (χ3n) is 4.48.